The number of nitriles is 1. The van der Waals surface area contributed by atoms with Gasteiger partial charge in [-0.3, -0.25) is 0 Å². The molecule has 2 rings (SSSR count). The summed E-state index contributed by atoms with van der Waals surface area (Å²) in [6.45, 7) is 1.93. The Labute approximate surface area is 124 Å². The van der Waals surface area contributed by atoms with Gasteiger partial charge >= 0.3 is 5.97 Å². The van der Waals surface area contributed by atoms with E-state index in [1.54, 1.807) is 6.07 Å². The maximum absolute atomic E-state index is 12.0. The Morgan fingerprint density at radius 1 is 1.24 bits per heavy atom. The molecule has 0 bridgehead atoms. The van der Waals surface area contributed by atoms with Crippen molar-refractivity contribution in [2.24, 2.45) is 0 Å². The van der Waals surface area contributed by atoms with E-state index in [1.165, 1.54) is 7.11 Å². The van der Waals surface area contributed by atoms with Gasteiger partial charge in [-0.1, -0.05) is 36.4 Å². The summed E-state index contributed by atoms with van der Waals surface area (Å²) in [5.74, 6) is -0.397. The molecule has 4 heteroatoms. The lowest BCUT2D eigenvalue weighted by Gasteiger charge is -2.19. The average molecular weight is 280 g/mol. The van der Waals surface area contributed by atoms with Gasteiger partial charge < -0.3 is 10.1 Å². The van der Waals surface area contributed by atoms with Crippen LogP contribution >= 0.6 is 0 Å². The van der Waals surface area contributed by atoms with Gasteiger partial charge in [-0.2, -0.15) is 5.26 Å². The first kappa shape index (κ1) is 14.6. The van der Waals surface area contributed by atoms with Crippen molar-refractivity contribution in [2.75, 3.05) is 12.4 Å². The summed E-state index contributed by atoms with van der Waals surface area (Å²) < 4.78 is 4.86. The third-order valence-electron chi connectivity index (χ3n) is 3.17. The molecule has 4 nitrogen and oxygen atoms in total. The molecule has 0 saturated heterocycles. The number of methoxy groups -OCH3 is 1. The Bertz CT molecular complexity index is 675. The van der Waals surface area contributed by atoms with Crippen LogP contribution < -0.4 is 5.32 Å². The summed E-state index contributed by atoms with van der Waals surface area (Å²) in [4.78, 5) is 12.0. The number of carbonyl (C=O) groups is 1. The van der Waals surface area contributed by atoms with Gasteiger partial charge in [-0.05, 0) is 30.2 Å². The zero-order chi connectivity index (χ0) is 15.2. The van der Waals surface area contributed by atoms with Crippen LogP contribution in [0, 0.1) is 18.3 Å². The number of carbonyl (C=O) groups excluding carboxylic acids is 1. The molecule has 0 saturated carbocycles. The summed E-state index contributed by atoms with van der Waals surface area (Å²) in [6.07, 6.45) is 0. The Hall–Kier alpha value is -2.80. The first-order valence-corrected chi connectivity index (χ1v) is 6.55. The molecule has 0 aromatic heterocycles. The topological polar surface area (TPSA) is 62.1 Å². The number of ether oxygens (including phenoxy) is 1. The molecule has 0 heterocycles. The van der Waals surface area contributed by atoms with Gasteiger partial charge in [0.25, 0.3) is 0 Å². The number of benzene rings is 2. The molecule has 0 aliphatic rings. The van der Waals surface area contributed by atoms with Crippen molar-refractivity contribution in [3.05, 3.63) is 65.2 Å². The predicted octanol–water partition coefficient (Wildman–Crippen LogP) is 3.19. The van der Waals surface area contributed by atoms with Crippen LogP contribution in [-0.4, -0.2) is 13.1 Å². The van der Waals surface area contributed by atoms with Crippen LogP contribution in [0.2, 0.25) is 0 Å². The van der Waals surface area contributed by atoms with E-state index in [2.05, 4.69) is 11.4 Å². The molecule has 106 valence electrons. The van der Waals surface area contributed by atoms with Gasteiger partial charge in [0.15, 0.2) is 6.04 Å². The number of aryl methyl sites for hydroxylation is 1. The number of hydrogen-bond donors (Lipinski definition) is 1. The van der Waals surface area contributed by atoms with Crippen LogP contribution in [0.3, 0.4) is 0 Å². The zero-order valence-electron chi connectivity index (χ0n) is 12.0. The van der Waals surface area contributed by atoms with Crippen molar-refractivity contribution in [1.29, 1.82) is 5.26 Å². The molecular formula is C17H16N2O2. The molecule has 21 heavy (non-hydrogen) atoms. The van der Waals surface area contributed by atoms with Crippen molar-refractivity contribution in [1.82, 2.24) is 0 Å². The Kier molecular flexibility index (Phi) is 4.57. The lowest BCUT2D eigenvalue weighted by molar-refractivity contribution is -0.141. The van der Waals surface area contributed by atoms with E-state index >= 15 is 0 Å². The maximum atomic E-state index is 12.0. The number of esters is 1. The molecule has 0 amide bonds. The minimum atomic E-state index is -0.648. The fourth-order valence-corrected chi connectivity index (χ4v) is 2.07. The Morgan fingerprint density at radius 3 is 2.57 bits per heavy atom. The molecular weight excluding hydrogens is 264 g/mol. The van der Waals surface area contributed by atoms with Crippen molar-refractivity contribution in [2.45, 2.75) is 13.0 Å². The Balaban J connectivity index is 2.39. The lowest BCUT2D eigenvalue weighted by atomic mass is 10.0. The molecule has 0 aliphatic heterocycles. The summed E-state index contributed by atoms with van der Waals surface area (Å²) >= 11 is 0. The summed E-state index contributed by atoms with van der Waals surface area (Å²) in [6, 6.07) is 16.2. The SMILES string of the molecule is COC(=O)C(Nc1cc(C)ccc1C#N)c1ccccc1. The first-order valence-electron chi connectivity index (χ1n) is 6.55. The van der Waals surface area contributed by atoms with Crippen LogP contribution in [-0.2, 0) is 9.53 Å². The van der Waals surface area contributed by atoms with Crippen molar-refractivity contribution in [3.63, 3.8) is 0 Å². The van der Waals surface area contributed by atoms with E-state index in [4.69, 9.17) is 4.74 Å². The second kappa shape index (κ2) is 6.58. The predicted molar refractivity (Wildman–Crippen MR) is 80.7 cm³/mol. The third-order valence-corrected chi connectivity index (χ3v) is 3.17. The van der Waals surface area contributed by atoms with E-state index in [0.717, 1.165) is 11.1 Å². The van der Waals surface area contributed by atoms with Crippen LogP contribution in [0.25, 0.3) is 0 Å². The number of nitrogens with zero attached hydrogens (tertiary/aromatic N) is 1. The normalized spacial score (nSPS) is 11.3. The standard InChI is InChI=1S/C17H16N2O2/c1-12-8-9-14(11-18)15(10-12)19-16(17(20)21-2)13-6-4-3-5-7-13/h3-10,16,19H,1-2H3. The van der Waals surface area contributed by atoms with Crippen molar-refractivity contribution >= 4 is 11.7 Å². The summed E-state index contributed by atoms with van der Waals surface area (Å²) in [7, 11) is 1.35. The van der Waals surface area contributed by atoms with E-state index in [-0.39, 0.29) is 0 Å². The number of nitrogens with one attached hydrogen (secondary N) is 1. The van der Waals surface area contributed by atoms with Gasteiger partial charge in [-0.15, -0.1) is 0 Å². The summed E-state index contributed by atoms with van der Waals surface area (Å²) in [5.41, 5.74) is 2.91. The van der Waals surface area contributed by atoms with E-state index in [1.807, 2.05) is 49.4 Å². The van der Waals surface area contributed by atoms with Crippen LogP contribution in [0.15, 0.2) is 48.5 Å². The highest BCUT2D eigenvalue weighted by Gasteiger charge is 2.22. The molecule has 0 fully saturated rings. The number of rotatable bonds is 4. The van der Waals surface area contributed by atoms with Crippen LogP contribution in [0.5, 0.6) is 0 Å². The smallest absolute Gasteiger partial charge is 0.332 e. The largest absolute Gasteiger partial charge is 0.467 e. The number of hydrogen-bond acceptors (Lipinski definition) is 4. The van der Waals surface area contributed by atoms with Crippen LogP contribution in [0.1, 0.15) is 22.7 Å². The lowest BCUT2D eigenvalue weighted by Crippen LogP contribution is -2.22. The van der Waals surface area contributed by atoms with Gasteiger partial charge in [0.1, 0.15) is 6.07 Å². The quantitative estimate of drug-likeness (QED) is 0.874. The molecule has 0 aliphatic carbocycles. The fourth-order valence-electron chi connectivity index (χ4n) is 2.07. The van der Waals surface area contributed by atoms with Gasteiger partial charge in [0, 0.05) is 0 Å². The maximum Gasteiger partial charge on any atom is 0.332 e. The molecule has 0 radical (unpaired) electrons. The van der Waals surface area contributed by atoms with Crippen molar-refractivity contribution < 1.29 is 9.53 Å². The molecule has 2 aromatic rings. The van der Waals surface area contributed by atoms with Gasteiger partial charge in [-0.25, -0.2) is 4.79 Å². The van der Waals surface area contributed by atoms with E-state index in [0.29, 0.717) is 11.3 Å². The van der Waals surface area contributed by atoms with Gasteiger partial charge in [0.2, 0.25) is 0 Å². The highest BCUT2D eigenvalue weighted by molar-refractivity contribution is 5.81. The Morgan fingerprint density at radius 2 is 1.95 bits per heavy atom. The van der Waals surface area contributed by atoms with Gasteiger partial charge in [0.05, 0.1) is 18.4 Å². The minimum absolute atomic E-state index is 0.397. The molecule has 1 N–H and O–H groups in total. The first-order chi connectivity index (χ1) is 10.2. The highest BCUT2D eigenvalue weighted by atomic mass is 16.5. The second-order valence-electron chi connectivity index (χ2n) is 4.67. The highest BCUT2D eigenvalue weighted by Crippen LogP contribution is 2.24. The van der Waals surface area contributed by atoms with E-state index < -0.39 is 12.0 Å². The third kappa shape index (κ3) is 3.40. The van der Waals surface area contributed by atoms with E-state index in [9.17, 15) is 10.1 Å². The van der Waals surface area contributed by atoms with Crippen molar-refractivity contribution in [3.8, 4) is 6.07 Å². The minimum Gasteiger partial charge on any atom is -0.467 e. The zero-order valence-corrected chi connectivity index (χ0v) is 12.0. The molecule has 1 atom stereocenters. The molecule has 1 unspecified atom stereocenters. The monoisotopic (exact) mass is 280 g/mol. The fraction of sp³-hybridized carbons (Fsp3) is 0.176. The second-order valence-corrected chi connectivity index (χ2v) is 4.67. The average Bonchev–Trinajstić information content (AvgIpc) is 2.53. The molecule has 2 aromatic carbocycles. The number of anilines is 1. The summed E-state index contributed by atoms with van der Waals surface area (Å²) in [5, 5.41) is 12.3. The molecule has 0 spiro atoms. The van der Waals surface area contributed by atoms with Crippen LogP contribution in [0.4, 0.5) is 5.69 Å².